The maximum absolute atomic E-state index is 12.3. The maximum atomic E-state index is 12.3. The Hall–Kier alpha value is -3.10. The molecule has 0 unspecified atom stereocenters. The third-order valence-corrected chi connectivity index (χ3v) is 4.61. The van der Waals surface area contributed by atoms with Gasteiger partial charge in [0.25, 0.3) is 0 Å². The van der Waals surface area contributed by atoms with E-state index in [4.69, 9.17) is 9.47 Å². The third-order valence-electron chi connectivity index (χ3n) is 4.61. The monoisotopic (exact) mass is 389 g/mol. The molecule has 3 rings (SSSR count). The first-order chi connectivity index (χ1) is 13.3. The number of likely N-dealkylation sites (N-methyl/N-ethyl adjacent to an activating group) is 1. The van der Waals surface area contributed by atoms with Gasteiger partial charge in [-0.05, 0) is 32.9 Å². The summed E-state index contributed by atoms with van der Waals surface area (Å²) in [6.45, 7) is 5.61. The van der Waals surface area contributed by atoms with Crippen LogP contribution in [-0.4, -0.2) is 59.4 Å². The van der Waals surface area contributed by atoms with Crippen LogP contribution in [0.4, 0.5) is 4.79 Å². The highest BCUT2D eigenvalue weighted by Gasteiger charge is 2.44. The van der Waals surface area contributed by atoms with Gasteiger partial charge in [0.2, 0.25) is 5.91 Å². The molecule has 1 N–H and O–H groups in total. The van der Waals surface area contributed by atoms with Crippen molar-refractivity contribution in [2.75, 3.05) is 19.7 Å². The summed E-state index contributed by atoms with van der Waals surface area (Å²) in [4.78, 5) is 49.4. The molecule has 0 saturated carbocycles. The molecule has 1 aromatic rings. The third kappa shape index (κ3) is 3.64. The number of hydrogen-bond donors (Lipinski definition) is 1. The van der Waals surface area contributed by atoms with Crippen molar-refractivity contribution >= 4 is 23.8 Å². The molecule has 0 aliphatic carbocycles. The van der Waals surface area contributed by atoms with Crippen molar-refractivity contribution in [1.29, 1.82) is 0 Å². The molecule has 2 heterocycles. The number of rotatable bonds is 7. The van der Waals surface area contributed by atoms with Crippen molar-refractivity contribution in [3.63, 3.8) is 0 Å². The van der Waals surface area contributed by atoms with Crippen molar-refractivity contribution in [2.45, 2.75) is 39.8 Å². The molecule has 0 aromatic heterocycles. The van der Waals surface area contributed by atoms with Crippen molar-refractivity contribution in [2.24, 2.45) is 0 Å². The zero-order chi connectivity index (χ0) is 20.4. The smallest absolute Gasteiger partial charge is 0.334 e. The second-order valence-electron chi connectivity index (χ2n) is 6.63. The van der Waals surface area contributed by atoms with Gasteiger partial charge in [-0.15, -0.1) is 0 Å². The van der Waals surface area contributed by atoms with Gasteiger partial charge < -0.3 is 14.8 Å². The van der Waals surface area contributed by atoms with Crippen LogP contribution in [0.1, 0.15) is 31.9 Å². The van der Waals surface area contributed by atoms with Gasteiger partial charge in [0.1, 0.15) is 24.1 Å². The standard InChI is InChI=1S/C19H23N3O6/c1-4-21-17(24)18(25)22(19(21)26)10-16(23)20-9-13-8-15-12(6-11(3)28-15)7-14(13)27-5-2/h7-8,11H,4-6,9-10H2,1-3H3,(H,20,23)/t11-/m0/s1. The number of benzene rings is 1. The lowest BCUT2D eigenvalue weighted by Gasteiger charge is -2.15. The van der Waals surface area contributed by atoms with E-state index in [0.717, 1.165) is 28.2 Å². The first kappa shape index (κ1) is 19.7. The first-order valence-electron chi connectivity index (χ1n) is 9.24. The Balaban J connectivity index is 1.66. The summed E-state index contributed by atoms with van der Waals surface area (Å²) in [6.07, 6.45) is 0.879. The summed E-state index contributed by atoms with van der Waals surface area (Å²) in [5.74, 6) is -1.04. The number of carbonyl (C=O) groups excluding carboxylic acids is 4. The molecule has 9 nitrogen and oxygen atoms in total. The molecule has 0 spiro atoms. The summed E-state index contributed by atoms with van der Waals surface area (Å²) in [5, 5.41) is 2.67. The van der Waals surface area contributed by atoms with Gasteiger partial charge in [0.05, 0.1) is 6.61 Å². The minimum atomic E-state index is -0.989. The van der Waals surface area contributed by atoms with Crippen LogP contribution in [0, 0.1) is 0 Å². The van der Waals surface area contributed by atoms with Crippen molar-refractivity contribution in [3.05, 3.63) is 23.3 Å². The van der Waals surface area contributed by atoms with Gasteiger partial charge in [-0.2, -0.15) is 0 Å². The lowest BCUT2D eigenvalue weighted by molar-refractivity contribution is -0.143. The molecule has 0 bridgehead atoms. The lowest BCUT2D eigenvalue weighted by Crippen LogP contribution is -2.41. The fraction of sp³-hybridized carbons (Fsp3) is 0.474. The number of hydrogen-bond acceptors (Lipinski definition) is 6. The highest BCUT2D eigenvalue weighted by molar-refractivity contribution is 6.45. The maximum Gasteiger partial charge on any atom is 0.334 e. The second-order valence-corrected chi connectivity index (χ2v) is 6.63. The van der Waals surface area contributed by atoms with E-state index in [-0.39, 0.29) is 19.2 Å². The molecule has 2 aliphatic rings. The Kier molecular flexibility index (Phi) is 5.53. The molecule has 1 atom stereocenters. The number of amides is 5. The van der Waals surface area contributed by atoms with E-state index in [9.17, 15) is 19.2 Å². The quantitative estimate of drug-likeness (QED) is 0.547. The summed E-state index contributed by atoms with van der Waals surface area (Å²) in [6, 6.07) is 2.97. The summed E-state index contributed by atoms with van der Waals surface area (Å²) < 4.78 is 11.4. The van der Waals surface area contributed by atoms with Crippen LogP contribution in [0.3, 0.4) is 0 Å². The van der Waals surface area contributed by atoms with E-state index in [0.29, 0.717) is 17.3 Å². The van der Waals surface area contributed by atoms with Crippen LogP contribution in [0.5, 0.6) is 11.5 Å². The fourth-order valence-electron chi connectivity index (χ4n) is 3.27. The average molecular weight is 389 g/mol. The van der Waals surface area contributed by atoms with E-state index in [1.165, 1.54) is 0 Å². The van der Waals surface area contributed by atoms with Crippen LogP contribution < -0.4 is 14.8 Å². The number of urea groups is 1. The molecule has 1 fully saturated rings. The molecule has 5 amide bonds. The molecule has 9 heteroatoms. The Morgan fingerprint density at radius 2 is 1.93 bits per heavy atom. The van der Waals surface area contributed by atoms with Crippen LogP contribution in [0.25, 0.3) is 0 Å². The normalized spacial score (nSPS) is 18.4. The largest absolute Gasteiger partial charge is 0.494 e. The van der Waals surface area contributed by atoms with Crippen molar-refractivity contribution < 1.29 is 28.7 Å². The highest BCUT2D eigenvalue weighted by atomic mass is 16.5. The highest BCUT2D eigenvalue weighted by Crippen LogP contribution is 2.35. The summed E-state index contributed by atoms with van der Waals surface area (Å²) in [5.41, 5.74) is 1.78. The van der Waals surface area contributed by atoms with E-state index < -0.39 is 30.3 Å². The fourth-order valence-corrected chi connectivity index (χ4v) is 3.27. The lowest BCUT2D eigenvalue weighted by atomic mass is 10.1. The molecule has 0 radical (unpaired) electrons. The first-order valence-corrected chi connectivity index (χ1v) is 9.24. The van der Waals surface area contributed by atoms with E-state index in [1.54, 1.807) is 6.92 Å². The number of ether oxygens (including phenoxy) is 2. The topological polar surface area (TPSA) is 105 Å². The average Bonchev–Trinajstić information content (AvgIpc) is 3.11. The Morgan fingerprint density at radius 3 is 2.57 bits per heavy atom. The van der Waals surface area contributed by atoms with E-state index in [1.807, 2.05) is 26.0 Å². The number of nitrogens with one attached hydrogen (secondary N) is 1. The van der Waals surface area contributed by atoms with Gasteiger partial charge in [-0.3, -0.25) is 19.3 Å². The molecular formula is C19H23N3O6. The number of nitrogens with zero attached hydrogens (tertiary/aromatic N) is 2. The Morgan fingerprint density at radius 1 is 1.21 bits per heavy atom. The zero-order valence-electron chi connectivity index (χ0n) is 16.1. The van der Waals surface area contributed by atoms with E-state index in [2.05, 4.69) is 5.32 Å². The number of imide groups is 2. The van der Waals surface area contributed by atoms with Gasteiger partial charge >= 0.3 is 17.8 Å². The molecule has 1 saturated heterocycles. The Bertz CT molecular complexity index is 837. The second kappa shape index (κ2) is 7.87. The minimum Gasteiger partial charge on any atom is -0.494 e. The van der Waals surface area contributed by atoms with Gasteiger partial charge in [-0.1, -0.05) is 0 Å². The number of carbonyl (C=O) groups is 4. The molecule has 2 aliphatic heterocycles. The van der Waals surface area contributed by atoms with Crippen LogP contribution in [-0.2, 0) is 27.3 Å². The SMILES string of the molecule is CCOc1cc2c(cc1CNC(=O)CN1C(=O)C(=O)N(CC)C1=O)O[C@@H](C)C2. The van der Waals surface area contributed by atoms with Gasteiger partial charge in [-0.25, -0.2) is 9.69 Å². The predicted octanol–water partition coefficient (Wildman–Crippen LogP) is 0.836. The zero-order valence-corrected chi connectivity index (χ0v) is 16.1. The predicted molar refractivity (Wildman–Crippen MR) is 97.7 cm³/mol. The minimum absolute atomic E-state index is 0.0762. The molecular weight excluding hydrogens is 366 g/mol. The van der Waals surface area contributed by atoms with Crippen molar-refractivity contribution in [1.82, 2.24) is 15.1 Å². The Labute approximate surface area is 162 Å². The van der Waals surface area contributed by atoms with E-state index >= 15 is 0 Å². The summed E-state index contributed by atoms with van der Waals surface area (Å²) in [7, 11) is 0. The summed E-state index contributed by atoms with van der Waals surface area (Å²) >= 11 is 0. The molecule has 1 aromatic carbocycles. The van der Waals surface area contributed by atoms with Crippen LogP contribution in [0.2, 0.25) is 0 Å². The van der Waals surface area contributed by atoms with Crippen LogP contribution >= 0.6 is 0 Å². The van der Waals surface area contributed by atoms with Gasteiger partial charge in [0, 0.05) is 30.6 Å². The van der Waals surface area contributed by atoms with Gasteiger partial charge in [0.15, 0.2) is 0 Å². The van der Waals surface area contributed by atoms with Crippen molar-refractivity contribution in [3.8, 4) is 11.5 Å². The molecule has 150 valence electrons. The van der Waals surface area contributed by atoms with Crippen LogP contribution in [0.15, 0.2) is 12.1 Å². The number of fused-ring (bicyclic) bond motifs is 1. The molecule has 28 heavy (non-hydrogen) atoms.